The third-order valence-electron chi connectivity index (χ3n) is 3.45. The number of para-hydroxylation sites is 1. The Balaban J connectivity index is 0.00000243. The third kappa shape index (κ3) is 6.03. The highest BCUT2D eigenvalue weighted by atomic mass is 127. The van der Waals surface area contributed by atoms with Gasteiger partial charge in [0, 0.05) is 24.1 Å². The Morgan fingerprint density at radius 3 is 2.58 bits per heavy atom. The Labute approximate surface area is 170 Å². The van der Waals surface area contributed by atoms with E-state index in [2.05, 4.69) is 15.3 Å². The summed E-state index contributed by atoms with van der Waals surface area (Å²) in [6.07, 6.45) is 3.60. The number of nitrogens with two attached hydrogens (primary N) is 1. The van der Waals surface area contributed by atoms with Gasteiger partial charge in [-0.1, -0.05) is 30.3 Å². The summed E-state index contributed by atoms with van der Waals surface area (Å²) >= 11 is 0. The predicted octanol–water partition coefficient (Wildman–Crippen LogP) is 4.73. The Hall–Kier alpha value is -2.61. The summed E-state index contributed by atoms with van der Waals surface area (Å²) in [7, 11) is 0. The van der Waals surface area contributed by atoms with Gasteiger partial charge < -0.3 is 15.8 Å². The standard InChI is InChI=1S/C20H20N4O.HI/c1-15-10-16(13-22-12-15)14-23-20(21)24-17-6-5-9-19(11-17)25-18-7-3-2-4-8-18;/h2-13H,14H2,1H3,(H3,21,23,24);1H. The lowest BCUT2D eigenvalue weighted by atomic mass is 10.2. The number of rotatable bonds is 5. The fourth-order valence-corrected chi connectivity index (χ4v) is 2.33. The molecule has 6 heteroatoms. The molecule has 0 amide bonds. The SMILES string of the molecule is Cc1cncc(CN=C(N)Nc2cccc(Oc3ccccc3)c2)c1.I. The second-order valence-corrected chi connectivity index (χ2v) is 5.64. The van der Waals surface area contributed by atoms with E-state index in [0.29, 0.717) is 12.5 Å². The van der Waals surface area contributed by atoms with Crippen molar-refractivity contribution in [2.24, 2.45) is 10.7 Å². The minimum atomic E-state index is 0. The van der Waals surface area contributed by atoms with Crippen LogP contribution in [0.5, 0.6) is 11.5 Å². The lowest BCUT2D eigenvalue weighted by molar-refractivity contribution is 0.483. The van der Waals surface area contributed by atoms with E-state index in [1.54, 1.807) is 6.20 Å². The minimum absolute atomic E-state index is 0. The van der Waals surface area contributed by atoms with Gasteiger partial charge in [-0.15, -0.1) is 24.0 Å². The number of anilines is 1. The lowest BCUT2D eigenvalue weighted by Gasteiger charge is -2.09. The van der Waals surface area contributed by atoms with Crippen molar-refractivity contribution in [3.63, 3.8) is 0 Å². The van der Waals surface area contributed by atoms with Gasteiger partial charge in [0.2, 0.25) is 0 Å². The third-order valence-corrected chi connectivity index (χ3v) is 3.45. The Morgan fingerprint density at radius 1 is 1.04 bits per heavy atom. The molecule has 0 saturated carbocycles. The predicted molar refractivity (Wildman–Crippen MR) is 116 cm³/mol. The van der Waals surface area contributed by atoms with E-state index in [-0.39, 0.29) is 24.0 Å². The van der Waals surface area contributed by atoms with E-state index >= 15 is 0 Å². The molecule has 3 aromatic rings. The Bertz CT molecular complexity index is 868. The van der Waals surface area contributed by atoms with E-state index in [4.69, 9.17) is 10.5 Å². The van der Waals surface area contributed by atoms with Crippen LogP contribution in [0.15, 0.2) is 78.0 Å². The maximum Gasteiger partial charge on any atom is 0.193 e. The van der Waals surface area contributed by atoms with Gasteiger partial charge in [-0.3, -0.25) is 4.98 Å². The molecule has 3 rings (SSSR count). The first-order valence-corrected chi connectivity index (χ1v) is 7.99. The minimum Gasteiger partial charge on any atom is -0.457 e. The van der Waals surface area contributed by atoms with Crippen molar-refractivity contribution in [1.82, 2.24) is 4.98 Å². The Morgan fingerprint density at radius 2 is 1.81 bits per heavy atom. The normalized spacial score (nSPS) is 10.7. The molecule has 1 heterocycles. The van der Waals surface area contributed by atoms with Crippen LogP contribution in [0.4, 0.5) is 5.69 Å². The molecule has 0 spiro atoms. The summed E-state index contributed by atoms with van der Waals surface area (Å²) in [5, 5.41) is 3.08. The number of guanidine groups is 1. The molecule has 0 atom stereocenters. The van der Waals surface area contributed by atoms with Crippen LogP contribution >= 0.6 is 24.0 Å². The molecule has 0 bridgehead atoms. The molecule has 0 aliphatic carbocycles. The van der Waals surface area contributed by atoms with Gasteiger partial charge in [0.05, 0.1) is 6.54 Å². The highest BCUT2D eigenvalue weighted by Gasteiger charge is 2.01. The number of ether oxygens (including phenoxy) is 1. The molecule has 5 nitrogen and oxygen atoms in total. The molecule has 0 saturated heterocycles. The number of hydrogen-bond donors (Lipinski definition) is 2. The molecule has 0 fully saturated rings. The number of aryl methyl sites for hydroxylation is 1. The molecule has 0 radical (unpaired) electrons. The van der Waals surface area contributed by atoms with Crippen LogP contribution in [0, 0.1) is 6.92 Å². The number of aromatic nitrogens is 1. The summed E-state index contributed by atoms with van der Waals surface area (Å²) in [5.74, 6) is 1.86. The van der Waals surface area contributed by atoms with Crippen LogP contribution < -0.4 is 15.8 Å². The van der Waals surface area contributed by atoms with Crippen LogP contribution in [0.3, 0.4) is 0 Å². The molecular weight excluding hydrogens is 439 g/mol. The average Bonchev–Trinajstić information content (AvgIpc) is 2.61. The topological polar surface area (TPSA) is 72.5 Å². The van der Waals surface area contributed by atoms with Crippen LogP contribution in [-0.2, 0) is 6.54 Å². The first-order chi connectivity index (χ1) is 12.2. The average molecular weight is 460 g/mol. The van der Waals surface area contributed by atoms with Gasteiger partial charge in [0.25, 0.3) is 0 Å². The highest BCUT2D eigenvalue weighted by molar-refractivity contribution is 14.0. The Kier molecular flexibility index (Phi) is 7.40. The maximum atomic E-state index is 5.97. The maximum absolute atomic E-state index is 5.97. The van der Waals surface area contributed by atoms with Crippen LogP contribution in [0.25, 0.3) is 0 Å². The zero-order valence-corrected chi connectivity index (χ0v) is 16.8. The molecule has 134 valence electrons. The number of pyridine rings is 1. The van der Waals surface area contributed by atoms with Gasteiger partial charge >= 0.3 is 0 Å². The van der Waals surface area contributed by atoms with Gasteiger partial charge in [-0.25, -0.2) is 4.99 Å². The number of hydrogen-bond acceptors (Lipinski definition) is 3. The molecule has 0 aliphatic heterocycles. The molecule has 2 aromatic carbocycles. The summed E-state index contributed by atoms with van der Waals surface area (Å²) in [6.45, 7) is 2.48. The van der Waals surface area contributed by atoms with Crippen molar-refractivity contribution >= 4 is 35.6 Å². The largest absolute Gasteiger partial charge is 0.457 e. The molecular formula is C20H21IN4O. The summed E-state index contributed by atoms with van der Waals surface area (Å²) < 4.78 is 5.81. The number of nitrogens with zero attached hydrogens (tertiary/aromatic N) is 2. The molecule has 0 aliphatic rings. The van der Waals surface area contributed by atoms with Gasteiger partial charge in [-0.2, -0.15) is 0 Å². The van der Waals surface area contributed by atoms with Gasteiger partial charge in [0.15, 0.2) is 5.96 Å². The van der Waals surface area contributed by atoms with Crippen molar-refractivity contribution in [1.29, 1.82) is 0 Å². The van der Waals surface area contributed by atoms with Gasteiger partial charge in [0.1, 0.15) is 11.5 Å². The van der Waals surface area contributed by atoms with Crippen molar-refractivity contribution in [3.8, 4) is 11.5 Å². The molecule has 1 aromatic heterocycles. The van der Waals surface area contributed by atoms with Crippen molar-refractivity contribution < 1.29 is 4.74 Å². The number of aliphatic imine (C=N–C) groups is 1. The van der Waals surface area contributed by atoms with Gasteiger partial charge in [-0.05, 0) is 42.3 Å². The molecule has 3 N–H and O–H groups in total. The summed E-state index contributed by atoms with van der Waals surface area (Å²) in [4.78, 5) is 8.50. The van der Waals surface area contributed by atoms with Crippen LogP contribution in [0.2, 0.25) is 0 Å². The van der Waals surface area contributed by atoms with E-state index in [1.165, 1.54) is 0 Å². The quantitative estimate of drug-likeness (QED) is 0.328. The monoisotopic (exact) mass is 460 g/mol. The van der Waals surface area contributed by atoms with E-state index < -0.39 is 0 Å². The highest BCUT2D eigenvalue weighted by Crippen LogP contribution is 2.23. The second-order valence-electron chi connectivity index (χ2n) is 5.64. The van der Waals surface area contributed by atoms with Crippen LogP contribution in [-0.4, -0.2) is 10.9 Å². The zero-order chi connectivity index (χ0) is 17.5. The van der Waals surface area contributed by atoms with Crippen molar-refractivity contribution in [3.05, 3.63) is 84.2 Å². The fourth-order valence-electron chi connectivity index (χ4n) is 2.33. The molecule has 26 heavy (non-hydrogen) atoms. The number of halogens is 1. The van der Waals surface area contributed by atoms with Crippen LogP contribution in [0.1, 0.15) is 11.1 Å². The first-order valence-electron chi connectivity index (χ1n) is 7.99. The van der Waals surface area contributed by atoms with E-state index in [9.17, 15) is 0 Å². The smallest absolute Gasteiger partial charge is 0.193 e. The fraction of sp³-hybridized carbons (Fsp3) is 0.100. The number of nitrogens with one attached hydrogen (secondary N) is 1. The zero-order valence-electron chi connectivity index (χ0n) is 14.4. The number of benzene rings is 2. The first kappa shape index (κ1) is 19.7. The molecule has 0 unspecified atom stereocenters. The second kappa shape index (κ2) is 9.76. The van der Waals surface area contributed by atoms with E-state index in [0.717, 1.165) is 28.3 Å². The summed E-state index contributed by atoms with van der Waals surface area (Å²) in [6, 6.07) is 19.3. The van der Waals surface area contributed by atoms with E-state index in [1.807, 2.05) is 73.8 Å². The van der Waals surface area contributed by atoms with Crippen molar-refractivity contribution in [2.75, 3.05) is 5.32 Å². The lowest BCUT2D eigenvalue weighted by Crippen LogP contribution is -2.22. The summed E-state index contributed by atoms with van der Waals surface area (Å²) in [5.41, 5.74) is 8.91. The van der Waals surface area contributed by atoms with Crippen molar-refractivity contribution in [2.45, 2.75) is 13.5 Å².